The van der Waals surface area contributed by atoms with Crippen molar-refractivity contribution in [2.75, 3.05) is 6.54 Å². The lowest BCUT2D eigenvalue weighted by Gasteiger charge is -2.38. The Morgan fingerprint density at radius 1 is 1.00 bits per heavy atom. The number of rotatable bonds is 5. The van der Waals surface area contributed by atoms with Crippen molar-refractivity contribution >= 4 is 30.4 Å². The summed E-state index contributed by atoms with van der Waals surface area (Å²) >= 11 is 2.22. The van der Waals surface area contributed by atoms with Crippen LogP contribution in [-0.4, -0.2) is 12.6 Å². The molecule has 110 valence electrons. The molecule has 4 heteroatoms. The van der Waals surface area contributed by atoms with Gasteiger partial charge in [-0.1, -0.05) is 60.7 Å². The summed E-state index contributed by atoms with van der Waals surface area (Å²) in [5.41, 5.74) is 1.98. The van der Waals surface area contributed by atoms with Crippen LogP contribution in [0.2, 0.25) is 0 Å². The first-order valence-electron chi connectivity index (χ1n) is 7.19. The molecule has 0 aliphatic carbocycles. The van der Waals surface area contributed by atoms with Gasteiger partial charge in [0.2, 0.25) is 0 Å². The second kappa shape index (κ2) is 7.13. The Morgan fingerprint density at radius 2 is 1.57 bits per heavy atom. The largest absolute Gasteiger partial charge is 0.311 e. The molecule has 1 saturated heterocycles. The topological polar surface area (TPSA) is 21.3 Å². The highest BCUT2D eigenvalue weighted by atomic mass is 127. The molecule has 1 aliphatic rings. The van der Waals surface area contributed by atoms with Gasteiger partial charge in [0.15, 0.2) is 0 Å². The molecule has 1 N–H and O–H groups in total. The third-order valence-electron chi connectivity index (χ3n) is 4.12. The average molecular weight is 411 g/mol. The van der Waals surface area contributed by atoms with E-state index in [-0.39, 0.29) is 0 Å². The Kier molecular flexibility index (Phi) is 5.21. The summed E-state index contributed by atoms with van der Waals surface area (Å²) in [7, 11) is 1.42. The highest BCUT2D eigenvalue weighted by Crippen LogP contribution is 2.44. The first-order chi connectivity index (χ1) is 10.4. The van der Waals surface area contributed by atoms with Gasteiger partial charge in [-0.2, -0.15) is 0 Å². The lowest BCUT2D eigenvalue weighted by molar-refractivity contribution is 0.101. The minimum absolute atomic E-state index is 0.296. The lowest BCUT2D eigenvalue weighted by atomic mass is 9.79. The van der Waals surface area contributed by atoms with Crippen LogP contribution in [0.5, 0.6) is 0 Å². The molecule has 1 heterocycles. The van der Waals surface area contributed by atoms with Gasteiger partial charge in [-0.25, -0.2) is 0 Å². The molecule has 0 unspecified atom stereocenters. The summed E-state index contributed by atoms with van der Waals surface area (Å²) in [6, 6.07) is 21.4. The molecule has 21 heavy (non-hydrogen) atoms. The highest BCUT2D eigenvalue weighted by molar-refractivity contribution is 14.2. The minimum Gasteiger partial charge on any atom is -0.311 e. The Balaban J connectivity index is 2.15. The number of halogens is 1. The molecule has 0 spiro atoms. The molecular formula is C17H18INOS. The number of benzene rings is 2. The summed E-state index contributed by atoms with van der Waals surface area (Å²) in [6.07, 6.45) is 2.32. The van der Waals surface area contributed by atoms with Crippen LogP contribution in [0, 0.1) is 0 Å². The average Bonchev–Trinajstić information content (AvgIpc) is 3.09. The van der Waals surface area contributed by atoms with Gasteiger partial charge in [0, 0.05) is 27.2 Å². The summed E-state index contributed by atoms with van der Waals surface area (Å²) < 4.78 is 6.33. The van der Waals surface area contributed by atoms with Gasteiger partial charge in [-0.15, -0.1) is 0 Å². The molecule has 3 rings (SSSR count). The summed E-state index contributed by atoms with van der Waals surface area (Å²) in [5.74, 6) is 0. The zero-order valence-electron chi connectivity index (χ0n) is 11.7. The van der Waals surface area contributed by atoms with Crippen molar-refractivity contribution in [2.24, 2.45) is 0 Å². The molecule has 0 saturated carbocycles. The van der Waals surface area contributed by atoms with Crippen LogP contribution >= 0.6 is 30.4 Å². The molecule has 1 fully saturated rings. The molecule has 0 amide bonds. The van der Waals surface area contributed by atoms with Gasteiger partial charge in [-0.3, -0.25) is 4.18 Å². The second-order valence-corrected chi connectivity index (χ2v) is 6.63. The van der Waals surface area contributed by atoms with Crippen LogP contribution < -0.4 is 5.32 Å². The van der Waals surface area contributed by atoms with E-state index in [9.17, 15) is 0 Å². The maximum Gasteiger partial charge on any atom is 0.149 e. The van der Waals surface area contributed by atoms with Crippen LogP contribution in [0.3, 0.4) is 0 Å². The normalized spacial score (nSPS) is 18.8. The zero-order chi connectivity index (χ0) is 14.5. The number of hydrogen-bond acceptors (Lipinski definition) is 3. The van der Waals surface area contributed by atoms with E-state index < -0.39 is 5.60 Å². The van der Waals surface area contributed by atoms with E-state index in [1.165, 1.54) is 26.8 Å². The van der Waals surface area contributed by atoms with Crippen LogP contribution in [0.25, 0.3) is 0 Å². The standard InChI is InChI=1S/C17H18INOS/c18-21-20-17(16-12-7-13-19-16,14-8-3-1-4-9-14)15-10-5-2-6-11-15/h1-6,8-11,16,19H,7,12-13H2/t16-/m0/s1. The van der Waals surface area contributed by atoms with Gasteiger partial charge in [-0.05, 0) is 30.5 Å². The van der Waals surface area contributed by atoms with E-state index in [1.54, 1.807) is 0 Å². The van der Waals surface area contributed by atoms with Crippen molar-refractivity contribution in [3.63, 3.8) is 0 Å². The zero-order valence-corrected chi connectivity index (χ0v) is 14.6. The Hall–Kier alpha value is -0.560. The highest BCUT2D eigenvalue weighted by Gasteiger charge is 2.45. The van der Waals surface area contributed by atoms with Crippen LogP contribution in [0.4, 0.5) is 0 Å². The van der Waals surface area contributed by atoms with E-state index in [4.69, 9.17) is 4.18 Å². The lowest BCUT2D eigenvalue weighted by Crippen LogP contribution is -2.47. The fourth-order valence-electron chi connectivity index (χ4n) is 3.18. The SMILES string of the molecule is ISOC(c1ccccc1)(c1ccccc1)[C@@H]1CCCN1. The Labute approximate surface area is 142 Å². The van der Waals surface area contributed by atoms with E-state index in [0.717, 1.165) is 13.0 Å². The first kappa shape index (κ1) is 15.3. The fourth-order valence-corrected chi connectivity index (χ4v) is 4.43. The third kappa shape index (κ3) is 2.99. The molecule has 0 aromatic heterocycles. The summed E-state index contributed by atoms with van der Waals surface area (Å²) in [4.78, 5) is 0. The maximum absolute atomic E-state index is 6.33. The molecule has 1 atom stereocenters. The predicted octanol–water partition coefficient (Wildman–Crippen LogP) is 4.70. The molecule has 2 aromatic carbocycles. The minimum atomic E-state index is -0.440. The van der Waals surface area contributed by atoms with Crippen molar-refractivity contribution in [1.82, 2.24) is 5.32 Å². The quantitative estimate of drug-likeness (QED) is 0.570. The van der Waals surface area contributed by atoms with Crippen LogP contribution in [0.15, 0.2) is 60.7 Å². The molecule has 0 bridgehead atoms. The van der Waals surface area contributed by atoms with Crippen molar-refractivity contribution in [3.05, 3.63) is 71.8 Å². The van der Waals surface area contributed by atoms with E-state index in [1.807, 2.05) is 0 Å². The van der Waals surface area contributed by atoms with Gasteiger partial charge < -0.3 is 5.32 Å². The van der Waals surface area contributed by atoms with Gasteiger partial charge >= 0.3 is 0 Å². The molecule has 0 radical (unpaired) electrons. The Morgan fingerprint density at radius 3 is 2.00 bits per heavy atom. The molecular weight excluding hydrogens is 393 g/mol. The maximum atomic E-state index is 6.33. The molecule has 1 aliphatic heterocycles. The van der Waals surface area contributed by atoms with E-state index >= 15 is 0 Å². The van der Waals surface area contributed by atoms with Crippen molar-refractivity contribution in [1.29, 1.82) is 0 Å². The van der Waals surface area contributed by atoms with Crippen molar-refractivity contribution < 1.29 is 4.18 Å². The van der Waals surface area contributed by atoms with Gasteiger partial charge in [0.05, 0.1) is 9.21 Å². The summed E-state index contributed by atoms with van der Waals surface area (Å²) in [6.45, 7) is 1.06. The van der Waals surface area contributed by atoms with Crippen molar-refractivity contribution in [3.8, 4) is 0 Å². The molecule has 2 nitrogen and oxygen atoms in total. The fraction of sp³-hybridized carbons (Fsp3) is 0.294. The monoisotopic (exact) mass is 411 g/mol. The first-order valence-corrected chi connectivity index (χ1v) is 10.5. The van der Waals surface area contributed by atoms with Crippen LogP contribution in [-0.2, 0) is 9.78 Å². The van der Waals surface area contributed by atoms with E-state index in [2.05, 4.69) is 87.2 Å². The summed E-state index contributed by atoms with van der Waals surface area (Å²) in [5, 5.41) is 3.64. The van der Waals surface area contributed by atoms with Gasteiger partial charge in [0.1, 0.15) is 5.60 Å². The Bertz CT molecular complexity index is 518. The number of hydrogen-bond donors (Lipinski definition) is 1. The predicted molar refractivity (Wildman–Crippen MR) is 97.4 cm³/mol. The van der Waals surface area contributed by atoms with Gasteiger partial charge in [0.25, 0.3) is 0 Å². The van der Waals surface area contributed by atoms with E-state index in [0.29, 0.717) is 6.04 Å². The smallest absolute Gasteiger partial charge is 0.149 e. The molecule has 2 aromatic rings. The van der Waals surface area contributed by atoms with Crippen LogP contribution in [0.1, 0.15) is 24.0 Å². The third-order valence-corrected chi connectivity index (χ3v) is 4.98. The number of nitrogens with one attached hydrogen (secondary N) is 1. The van der Waals surface area contributed by atoms with Crippen molar-refractivity contribution in [2.45, 2.75) is 24.5 Å². The second-order valence-electron chi connectivity index (χ2n) is 5.26.